The molecule has 5 heteroatoms. The van der Waals surface area contributed by atoms with E-state index in [1.54, 1.807) is 18.3 Å². The molecule has 0 aliphatic carbocycles. The summed E-state index contributed by atoms with van der Waals surface area (Å²) in [5.41, 5.74) is 2.22. The van der Waals surface area contributed by atoms with Crippen LogP contribution in [0.3, 0.4) is 0 Å². The Balaban J connectivity index is 1.73. The standard InChI is InChI=1S/C18H20N2O3/c1-2-23-16-8-5-10-20(18(16)22)13-17(21)19-11-9-14-6-3-4-7-15(14)12-19/h3-8,10H,2,9,11-13H2,1H3. The molecule has 2 aromatic rings. The summed E-state index contributed by atoms with van der Waals surface area (Å²) < 4.78 is 6.70. The molecule has 0 radical (unpaired) electrons. The fraction of sp³-hybridized carbons (Fsp3) is 0.333. The third-order valence-corrected chi connectivity index (χ3v) is 4.07. The number of carbonyl (C=O) groups excluding carboxylic acids is 1. The quantitative estimate of drug-likeness (QED) is 0.865. The zero-order valence-electron chi connectivity index (χ0n) is 13.2. The lowest BCUT2D eigenvalue weighted by Crippen LogP contribution is -2.39. The number of hydrogen-bond acceptors (Lipinski definition) is 3. The minimum absolute atomic E-state index is 0.0436. The number of aromatic nitrogens is 1. The van der Waals surface area contributed by atoms with Crippen LogP contribution in [-0.4, -0.2) is 28.5 Å². The highest BCUT2D eigenvalue weighted by Crippen LogP contribution is 2.18. The van der Waals surface area contributed by atoms with Gasteiger partial charge in [-0.1, -0.05) is 24.3 Å². The first-order valence-corrected chi connectivity index (χ1v) is 7.86. The molecule has 0 saturated heterocycles. The number of rotatable bonds is 4. The summed E-state index contributed by atoms with van der Waals surface area (Å²) in [7, 11) is 0. The van der Waals surface area contributed by atoms with Crippen molar-refractivity contribution >= 4 is 5.91 Å². The minimum Gasteiger partial charge on any atom is -0.488 e. The van der Waals surface area contributed by atoms with E-state index < -0.39 is 0 Å². The van der Waals surface area contributed by atoms with E-state index in [1.165, 1.54) is 15.7 Å². The van der Waals surface area contributed by atoms with E-state index in [4.69, 9.17) is 4.74 Å². The molecule has 0 bridgehead atoms. The molecule has 23 heavy (non-hydrogen) atoms. The third kappa shape index (κ3) is 3.28. The molecule has 0 atom stereocenters. The minimum atomic E-state index is -0.264. The Morgan fingerprint density at radius 1 is 1.17 bits per heavy atom. The van der Waals surface area contributed by atoms with Crippen molar-refractivity contribution < 1.29 is 9.53 Å². The van der Waals surface area contributed by atoms with Crippen molar-refractivity contribution in [1.82, 2.24) is 9.47 Å². The molecule has 0 fully saturated rings. The van der Waals surface area contributed by atoms with Gasteiger partial charge in [0.15, 0.2) is 5.75 Å². The maximum atomic E-state index is 12.5. The van der Waals surface area contributed by atoms with Gasteiger partial charge in [0.25, 0.3) is 5.56 Å². The number of fused-ring (bicyclic) bond motifs is 1. The van der Waals surface area contributed by atoms with E-state index in [0.717, 1.165) is 6.42 Å². The molecule has 1 aliphatic rings. The topological polar surface area (TPSA) is 51.5 Å². The van der Waals surface area contributed by atoms with Crippen LogP contribution in [0.15, 0.2) is 47.4 Å². The molecule has 0 spiro atoms. The van der Waals surface area contributed by atoms with Crippen LogP contribution in [0.25, 0.3) is 0 Å². The summed E-state index contributed by atoms with van der Waals surface area (Å²) in [5.74, 6) is 0.238. The summed E-state index contributed by atoms with van der Waals surface area (Å²) in [5, 5.41) is 0. The van der Waals surface area contributed by atoms with Crippen molar-refractivity contribution in [3.8, 4) is 5.75 Å². The van der Waals surface area contributed by atoms with E-state index in [-0.39, 0.29) is 23.8 Å². The van der Waals surface area contributed by atoms with E-state index in [2.05, 4.69) is 12.1 Å². The highest BCUT2D eigenvalue weighted by Gasteiger charge is 2.21. The highest BCUT2D eigenvalue weighted by atomic mass is 16.5. The average Bonchev–Trinajstić information content (AvgIpc) is 2.58. The number of hydrogen-bond donors (Lipinski definition) is 0. The predicted octanol–water partition coefficient (Wildman–Crippen LogP) is 1.83. The van der Waals surface area contributed by atoms with Gasteiger partial charge >= 0.3 is 0 Å². The smallest absolute Gasteiger partial charge is 0.293 e. The second-order valence-corrected chi connectivity index (χ2v) is 5.57. The van der Waals surface area contributed by atoms with Crippen LogP contribution >= 0.6 is 0 Å². The summed E-state index contributed by atoms with van der Waals surface area (Å²) in [4.78, 5) is 26.6. The summed E-state index contributed by atoms with van der Waals surface area (Å²) in [6.07, 6.45) is 2.48. The molecule has 120 valence electrons. The first-order valence-electron chi connectivity index (χ1n) is 7.86. The molecular weight excluding hydrogens is 292 g/mol. The molecule has 3 rings (SSSR count). The molecule has 1 aromatic carbocycles. The normalized spacial score (nSPS) is 13.5. The van der Waals surface area contributed by atoms with Crippen molar-refractivity contribution in [2.75, 3.05) is 13.2 Å². The number of carbonyl (C=O) groups is 1. The fourth-order valence-corrected chi connectivity index (χ4v) is 2.86. The van der Waals surface area contributed by atoms with Crippen LogP contribution in [0.4, 0.5) is 0 Å². The monoisotopic (exact) mass is 312 g/mol. The van der Waals surface area contributed by atoms with Crippen molar-refractivity contribution in [2.24, 2.45) is 0 Å². The van der Waals surface area contributed by atoms with Crippen molar-refractivity contribution in [3.05, 3.63) is 64.1 Å². The molecule has 0 N–H and O–H groups in total. The SMILES string of the molecule is CCOc1cccn(CC(=O)N2CCc3ccccc3C2)c1=O. The van der Waals surface area contributed by atoms with Crippen LogP contribution in [0, 0.1) is 0 Å². The fourth-order valence-electron chi connectivity index (χ4n) is 2.86. The van der Waals surface area contributed by atoms with Gasteiger partial charge in [-0.05, 0) is 36.6 Å². The number of benzene rings is 1. The second-order valence-electron chi connectivity index (χ2n) is 5.57. The van der Waals surface area contributed by atoms with E-state index in [0.29, 0.717) is 19.7 Å². The Bertz CT molecular complexity index is 767. The van der Waals surface area contributed by atoms with Crippen LogP contribution in [-0.2, 0) is 24.3 Å². The van der Waals surface area contributed by atoms with Gasteiger partial charge in [0.05, 0.1) is 6.61 Å². The maximum Gasteiger partial charge on any atom is 0.293 e. The number of amides is 1. The molecule has 5 nitrogen and oxygen atoms in total. The summed E-state index contributed by atoms with van der Waals surface area (Å²) >= 11 is 0. The van der Waals surface area contributed by atoms with Crippen molar-refractivity contribution in [2.45, 2.75) is 26.4 Å². The van der Waals surface area contributed by atoms with E-state index >= 15 is 0 Å². The Labute approximate surface area is 135 Å². The maximum absolute atomic E-state index is 12.5. The Morgan fingerprint density at radius 3 is 2.74 bits per heavy atom. The largest absolute Gasteiger partial charge is 0.488 e. The lowest BCUT2D eigenvalue weighted by molar-refractivity contribution is -0.132. The molecular formula is C18H20N2O3. The zero-order valence-corrected chi connectivity index (χ0v) is 13.2. The third-order valence-electron chi connectivity index (χ3n) is 4.07. The highest BCUT2D eigenvalue weighted by molar-refractivity contribution is 5.76. The van der Waals surface area contributed by atoms with Gasteiger partial charge in [-0.25, -0.2) is 0 Å². The van der Waals surface area contributed by atoms with Gasteiger partial charge in [0.1, 0.15) is 6.54 Å². The van der Waals surface area contributed by atoms with E-state index in [9.17, 15) is 9.59 Å². The van der Waals surface area contributed by atoms with Gasteiger partial charge in [-0.2, -0.15) is 0 Å². The summed E-state index contributed by atoms with van der Waals surface area (Å²) in [6, 6.07) is 11.5. The number of nitrogens with zero attached hydrogens (tertiary/aromatic N) is 2. The van der Waals surface area contributed by atoms with Crippen LogP contribution in [0.1, 0.15) is 18.1 Å². The van der Waals surface area contributed by atoms with Gasteiger partial charge in [0.2, 0.25) is 5.91 Å². The van der Waals surface area contributed by atoms with Crippen LogP contribution in [0.5, 0.6) is 5.75 Å². The van der Waals surface area contributed by atoms with Gasteiger partial charge < -0.3 is 14.2 Å². The van der Waals surface area contributed by atoms with Crippen molar-refractivity contribution in [1.29, 1.82) is 0 Å². The Kier molecular flexibility index (Phi) is 4.46. The average molecular weight is 312 g/mol. The van der Waals surface area contributed by atoms with Crippen LogP contribution < -0.4 is 10.3 Å². The van der Waals surface area contributed by atoms with Crippen molar-refractivity contribution in [3.63, 3.8) is 0 Å². The predicted molar refractivity (Wildman–Crippen MR) is 87.4 cm³/mol. The number of pyridine rings is 1. The molecule has 1 aliphatic heterocycles. The second kappa shape index (κ2) is 6.69. The van der Waals surface area contributed by atoms with Crippen LogP contribution in [0.2, 0.25) is 0 Å². The molecule has 0 unspecified atom stereocenters. The molecule has 1 amide bonds. The zero-order chi connectivity index (χ0) is 16.2. The first-order chi connectivity index (χ1) is 11.2. The molecule has 0 saturated carbocycles. The van der Waals surface area contributed by atoms with Gasteiger partial charge in [-0.3, -0.25) is 9.59 Å². The van der Waals surface area contributed by atoms with Gasteiger partial charge in [0, 0.05) is 19.3 Å². The first kappa shape index (κ1) is 15.3. The lowest BCUT2D eigenvalue weighted by Gasteiger charge is -2.29. The lowest BCUT2D eigenvalue weighted by atomic mass is 10.00. The molecule has 2 heterocycles. The number of ether oxygens (including phenoxy) is 1. The summed E-state index contributed by atoms with van der Waals surface area (Å²) in [6.45, 7) is 3.59. The van der Waals surface area contributed by atoms with E-state index in [1.807, 2.05) is 24.0 Å². The van der Waals surface area contributed by atoms with Gasteiger partial charge in [-0.15, -0.1) is 0 Å². The Hall–Kier alpha value is -2.56. The molecule has 1 aromatic heterocycles. The Morgan fingerprint density at radius 2 is 1.96 bits per heavy atom.